The highest BCUT2D eigenvalue weighted by atomic mass is 32.1. The second-order valence-corrected chi connectivity index (χ2v) is 7.85. The Kier molecular flexibility index (Phi) is 5.55. The highest BCUT2D eigenvalue weighted by molar-refractivity contribution is 7.14. The van der Waals surface area contributed by atoms with Crippen molar-refractivity contribution in [2.75, 3.05) is 5.32 Å². The minimum atomic E-state index is -0.196. The van der Waals surface area contributed by atoms with Crippen LogP contribution in [0.2, 0.25) is 0 Å². The van der Waals surface area contributed by atoms with E-state index in [0.29, 0.717) is 10.0 Å². The summed E-state index contributed by atoms with van der Waals surface area (Å²) < 4.78 is 3.90. The summed E-state index contributed by atoms with van der Waals surface area (Å²) in [5.41, 5.74) is 4.95. The number of hydrogen-bond acceptors (Lipinski definition) is 6. The van der Waals surface area contributed by atoms with E-state index in [1.54, 1.807) is 0 Å². The molecule has 140 valence electrons. The molecule has 0 bridgehead atoms. The number of amides is 1. The van der Waals surface area contributed by atoms with Gasteiger partial charge in [-0.15, -0.1) is 16.4 Å². The standard InChI is InChI=1S/C21H18N4OS2/c1-2-6-17-19(28-25-24-17)20(26)23-21-22-18(13-27-21)16-11-9-15(10-12-16)14-7-4-3-5-8-14/h3-5,7-13H,2,6H2,1H3,(H,22,23,26). The average molecular weight is 407 g/mol. The Hall–Kier alpha value is -2.90. The van der Waals surface area contributed by atoms with Gasteiger partial charge in [-0.2, -0.15) is 0 Å². The summed E-state index contributed by atoms with van der Waals surface area (Å²) in [5.74, 6) is -0.196. The van der Waals surface area contributed by atoms with Crippen molar-refractivity contribution in [2.45, 2.75) is 19.8 Å². The third-order valence-corrected chi connectivity index (χ3v) is 5.79. The number of aryl methyl sites for hydroxylation is 1. The van der Waals surface area contributed by atoms with Crippen LogP contribution in [-0.2, 0) is 6.42 Å². The summed E-state index contributed by atoms with van der Waals surface area (Å²) >= 11 is 2.53. The molecule has 0 unspecified atom stereocenters. The monoisotopic (exact) mass is 406 g/mol. The van der Waals surface area contributed by atoms with Crippen molar-refractivity contribution in [2.24, 2.45) is 0 Å². The maximum absolute atomic E-state index is 12.5. The Bertz CT molecular complexity index is 1070. The van der Waals surface area contributed by atoms with Crippen LogP contribution in [0.5, 0.6) is 0 Å². The first kappa shape index (κ1) is 18.5. The molecule has 0 saturated heterocycles. The maximum Gasteiger partial charge on any atom is 0.271 e. The molecule has 1 N–H and O–H groups in total. The Morgan fingerprint density at radius 2 is 1.71 bits per heavy atom. The van der Waals surface area contributed by atoms with E-state index in [9.17, 15) is 4.79 Å². The van der Waals surface area contributed by atoms with Gasteiger partial charge in [-0.1, -0.05) is 72.4 Å². The summed E-state index contributed by atoms with van der Waals surface area (Å²) in [7, 11) is 0. The molecular formula is C21H18N4OS2. The number of thiazole rings is 1. The molecule has 1 amide bonds. The number of carbonyl (C=O) groups is 1. The first-order valence-electron chi connectivity index (χ1n) is 8.98. The maximum atomic E-state index is 12.5. The summed E-state index contributed by atoms with van der Waals surface area (Å²) in [6, 6.07) is 18.5. The van der Waals surface area contributed by atoms with Gasteiger partial charge < -0.3 is 0 Å². The van der Waals surface area contributed by atoms with E-state index in [2.05, 4.69) is 63.2 Å². The number of anilines is 1. The van der Waals surface area contributed by atoms with Crippen LogP contribution >= 0.6 is 22.9 Å². The van der Waals surface area contributed by atoms with Crippen molar-refractivity contribution < 1.29 is 4.79 Å². The van der Waals surface area contributed by atoms with E-state index >= 15 is 0 Å². The molecule has 0 saturated carbocycles. The van der Waals surface area contributed by atoms with Crippen molar-refractivity contribution in [1.82, 2.24) is 14.6 Å². The van der Waals surface area contributed by atoms with Gasteiger partial charge >= 0.3 is 0 Å². The number of benzene rings is 2. The SMILES string of the molecule is CCCc1nnsc1C(=O)Nc1nc(-c2ccc(-c3ccccc3)cc2)cs1. The first-order valence-corrected chi connectivity index (χ1v) is 10.6. The Morgan fingerprint density at radius 1 is 1.00 bits per heavy atom. The average Bonchev–Trinajstić information content (AvgIpc) is 3.39. The Morgan fingerprint density at radius 3 is 2.46 bits per heavy atom. The van der Waals surface area contributed by atoms with Crippen molar-refractivity contribution in [3.63, 3.8) is 0 Å². The van der Waals surface area contributed by atoms with Gasteiger partial charge in [0, 0.05) is 10.9 Å². The Balaban J connectivity index is 1.48. The molecule has 0 fully saturated rings. The zero-order valence-electron chi connectivity index (χ0n) is 15.3. The highest BCUT2D eigenvalue weighted by Gasteiger charge is 2.17. The lowest BCUT2D eigenvalue weighted by atomic mass is 10.0. The van der Waals surface area contributed by atoms with Crippen molar-refractivity contribution >= 4 is 33.9 Å². The summed E-state index contributed by atoms with van der Waals surface area (Å²) in [4.78, 5) is 17.6. The lowest BCUT2D eigenvalue weighted by molar-refractivity contribution is 0.102. The molecule has 0 aliphatic rings. The fraction of sp³-hybridized carbons (Fsp3) is 0.143. The smallest absolute Gasteiger partial charge is 0.271 e. The third-order valence-electron chi connectivity index (χ3n) is 4.26. The van der Waals surface area contributed by atoms with Crippen LogP contribution in [0.4, 0.5) is 5.13 Å². The normalized spacial score (nSPS) is 10.8. The summed E-state index contributed by atoms with van der Waals surface area (Å²) in [6.45, 7) is 2.05. The second kappa shape index (κ2) is 8.41. The molecule has 0 radical (unpaired) electrons. The molecule has 7 heteroatoms. The second-order valence-electron chi connectivity index (χ2n) is 6.23. The Labute approximate surface area is 171 Å². The fourth-order valence-corrected chi connectivity index (χ4v) is 4.18. The van der Waals surface area contributed by atoms with Gasteiger partial charge in [-0.3, -0.25) is 10.1 Å². The molecule has 4 rings (SSSR count). The third kappa shape index (κ3) is 4.00. The molecule has 2 heterocycles. The van der Waals surface area contributed by atoms with E-state index in [0.717, 1.165) is 46.9 Å². The largest absolute Gasteiger partial charge is 0.297 e. The predicted octanol–water partition coefficient (Wildman–Crippen LogP) is 5.53. The van der Waals surface area contributed by atoms with Crippen LogP contribution in [0.25, 0.3) is 22.4 Å². The first-order chi connectivity index (χ1) is 13.7. The zero-order chi connectivity index (χ0) is 19.3. The number of nitrogens with one attached hydrogen (secondary N) is 1. The van der Waals surface area contributed by atoms with Gasteiger partial charge in [-0.05, 0) is 29.1 Å². The van der Waals surface area contributed by atoms with Crippen molar-refractivity contribution in [1.29, 1.82) is 0 Å². The van der Waals surface area contributed by atoms with E-state index in [1.807, 2.05) is 23.6 Å². The van der Waals surface area contributed by atoms with Gasteiger partial charge in [0.1, 0.15) is 4.88 Å². The van der Waals surface area contributed by atoms with Crippen molar-refractivity contribution in [3.8, 4) is 22.4 Å². The highest BCUT2D eigenvalue weighted by Crippen LogP contribution is 2.28. The molecule has 4 aromatic rings. The van der Waals surface area contributed by atoms with Crippen LogP contribution in [0.1, 0.15) is 28.7 Å². The van der Waals surface area contributed by atoms with Gasteiger partial charge in [-0.25, -0.2) is 4.98 Å². The lowest BCUT2D eigenvalue weighted by Crippen LogP contribution is -2.12. The number of aromatic nitrogens is 3. The molecule has 0 aliphatic heterocycles. The van der Waals surface area contributed by atoms with Crippen LogP contribution in [0, 0.1) is 0 Å². The topological polar surface area (TPSA) is 67.8 Å². The van der Waals surface area contributed by atoms with Crippen LogP contribution < -0.4 is 5.32 Å². The van der Waals surface area contributed by atoms with Gasteiger partial charge in [0.05, 0.1) is 11.4 Å². The molecule has 0 atom stereocenters. The van der Waals surface area contributed by atoms with Crippen LogP contribution in [0.15, 0.2) is 60.0 Å². The summed E-state index contributed by atoms with van der Waals surface area (Å²) in [6.07, 6.45) is 1.67. The molecule has 0 spiro atoms. The van der Waals surface area contributed by atoms with Gasteiger partial charge in [0.2, 0.25) is 0 Å². The fourth-order valence-electron chi connectivity index (χ4n) is 2.86. The van der Waals surface area contributed by atoms with Crippen LogP contribution in [0.3, 0.4) is 0 Å². The molecule has 2 aromatic carbocycles. The minimum Gasteiger partial charge on any atom is -0.297 e. The van der Waals surface area contributed by atoms with Crippen LogP contribution in [-0.4, -0.2) is 20.5 Å². The molecule has 5 nitrogen and oxygen atoms in total. The number of hydrogen-bond donors (Lipinski definition) is 1. The van der Waals surface area contributed by atoms with E-state index in [-0.39, 0.29) is 5.91 Å². The number of carbonyl (C=O) groups excluding carboxylic acids is 1. The molecule has 28 heavy (non-hydrogen) atoms. The number of rotatable bonds is 6. The zero-order valence-corrected chi connectivity index (χ0v) is 16.9. The van der Waals surface area contributed by atoms with E-state index in [1.165, 1.54) is 16.9 Å². The quantitative estimate of drug-likeness (QED) is 0.457. The lowest BCUT2D eigenvalue weighted by Gasteiger charge is -2.03. The predicted molar refractivity (Wildman–Crippen MR) is 115 cm³/mol. The summed E-state index contributed by atoms with van der Waals surface area (Å²) in [5, 5.41) is 9.44. The molecule has 0 aliphatic carbocycles. The molecule has 2 aromatic heterocycles. The minimum absolute atomic E-state index is 0.196. The number of nitrogens with zero attached hydrogens (tertiary/aromatic N) is 3. The molecular weight excluding hydrogens is 388 g/mol. The van der Waals surface area contributed by atoms with E-state index in [4.69, 9.17) is 0 Å². The van der Waals surface area contributed by atoms with Gasteiger partial charge in [0.15, 0.2) is 5.13 Å². The van der Waals surface area contributed by atoms with E-state index < -0.39 is 0 Å². The van der Waals surface area contributed by atoms with Gasteiger partial charge in [0.25, 0.3) is 5.91 Å². The van der Waals surface area contributed by atoms with Crippen molar-refractivity contribution in [3.05, 3.63) is 70.5 Å².